The summed E-state index contributed by atoms with van der Waals surface area (Å²) in [7, 11) is 0. The van der Waals surface area contributed by atoms with Gasteiger partial charge in [-0.05, 0) is 43.2 Å². The van der Waals surface area contributed by atoms with Crippen molar-refractivity contribution in [3.05, 3.63) is 23.2 Å². The SMILES string of the molecule is O=C(NC1CCCCC1)C1Cn2c(cc3sccc32)C(=O)N1C1CCCC1. The maximum Gasteiger partial charge on any atom is 0.271 e. The lowest BCUT2D eigenvalue weighted by molar-refractivity contribution is -0.128. The number of rotatable bonds is 3. The van der Waals surface area contributed by atoms with E-state index in [1.165, 1.54) is 19.3 Å². The van der Waals surface area contributed by atoms with Crippen LogP contribution in [0.4, 0.5) is 0 Å². The molecule has 1 N–H and O–H groups in total. The molecule has 2 aliphatic carbocycles. The third-order valence-electron chi connectivity index (χ3n) is 6.64. The predicted octanol–water partition coefficient (Wildman–Crippen LogP) is 3.92. The standard InChI is InChI=1S/C21H27N3O2S/c25-20(22-14-6-2-1-3-7-14)18-13-23-16-10-11-27-19(16)12-17(23)21(26)24(18)15-8-4-5-9-15/h10-12,14-15,18H,1-9,13H2,(H,22,25). The van der Waals surface area contributed by atoms with E-state index in [0.717, 1.165) is 54.4 Å². The molecule has 5 rings (SSSR count). The summed E-state index contributed by atoms with van der Waals surface area (Å²) in [5.41, 5.74) is 1.84. The van der Waals surface area contributed by atoms with Gasteiger partial charge < -0.3 is 14.8 Å². The molecule has 0 saturated heterocycles. The van der Waals surface area contributed by atoms with Crippen LogP contribution in [0.1, 0.15) is 68.3 Å². The van der Waals surface area contributed by atoms with Gasteiger partial charge in [0, 0.05) is 12.1 Å². The topological polar surface area (TPSA) is 54.3 Å². The van der Waals surface area contributed by atoms with Gasteiger partial charge in [0.2, 0.25) is 5.91 Å². The van der Waals surface area contributed by atoms with Crippen LogP contribution in [0.15, 0.2) is 17.5 Å². The van der Waals surface area contributed by atoms with Crippen molar-refractivity contribution in [2.75, 3.05) is 0 Å². The zero-order chi connectivity index (χ0) is 18.4. The Bertz CT molecular complexity index is 858. The number of carbonyl (C=O) groups is 2. The van der Waals surface area contributed by atoms with Crippen molar-refractivity contribution in [2.24, 2.45) is 0 Å². The first kappa shape index (κ1) is 17.3. The van der Waals surface area contributed by atoms with Crippen molar-refractivity contribution in [2.45, 2.75) is 82.5 Å². The maximum absolute atomic E-state index is 13.4. The molecule has 3 aliphatic rings. The first-order valence-corrected chi connectivity index (χ1v) is 11.3. The maximum atomic E-state index is 13.4. The summed E-state index contributed by atoms with van der Waals surface area (Å²) in [5.74, 6) is 0.0882. The fraction of sp³-hybridized carbons (Fsp3) is 0.619. The molecule has 1 atom stereocenters. The highest BCUT2D eigenvalue weighted by atomic mass is 32.1. The third kappa shape index (κ3) is 2.98. The average molecular weight is 386 g/mol. The number of nitrogens with one attached hydrogen (secondary N) is 1. The van der Waals surface area contributed by atoms with Crippen LogP contribution in [0.5, 0.6) is 0 Å². The molecule has 1 aliphatic heterocycles. The molecule has 27 heavy (non-hydrogen) atoms. The fourth-order valence-electron chi connectivity index (χ4n) is 5.24. The fourth-order valence-corrected chi connectivity index (χ4v) is 6.06. The van der Waals surface area contributed by atoms with E-state index in [1.54, 1.807) is 11.3 Å². The Morgan fingerprint density at radius 1 is 1.07 bits per heavy atom. The second-order valence-electron chi connectivity index (χ2n) is 8.32. The van der Waals surface area contributed by atoms with Crippen LogP contribution in [-0.2, 0) is 11.3 Å². The molecule has 0 radical (unpaired) electrons. The zero-order valence-electron chi connectivity index (χ0n) is 15.7. The molecule has 2 fully saturated rings. The van der Waals surface area contributed by atoms with Gasteiger partial charge in [0.15, 0.2) is 0 Å². The Balaban J connectivity index is 1.47. The van der Waals surface area contributed by atoms with Gasteiger partial charge in [-0.1, -0.05) is 32.1 Å². The minimum absolute atomic E-state index is 0.0420. The predicted molar refractivity (Wildman–Crippen MR) is 107 cm³/mol. The van der Waals surface area contributed by atoms with Crippen LogP contribution >= 0.6 is 11.3 Å². The monoisotopic (exact) mass is 385 g/mol. The summed E-state index contributed by atoms with van der Waals surface area (Å²) in [4.78, 5) is 28.6. The van der Waals surface area contributed by atoms with E-state index in [2.05, 4.69) is 21.3 Å². The highest BCUT2D eigenvalue weighted by Crippen LogP contribution is 2.34. The first-order valence-electron chi connectivity index (χ1n) is 10.4. The molecule has 0 spiro atoms. The number of hydrogen-bond donors (Lipinski definition) is 1. The van der Waals surface area contributed by atoms with Crippen molar-refractivity contribution in [3.63, 3.8) is 0 Å². The van der Waals surface area contributed by atoms with Crippen molar-refractivity contribution in [3.8, 4) is 0 Å². The lowest BCUT2D eigenvalue weighted by Crippen LogP contribution is -2.59. The number of amides is 2. The Labute approximate surface area is 163 Å². The second kappa shape index (κ2) is 6.97. The minimum atomic E-state index is -0.384. The lowest BCUT2D eigenvalue weighted by atomic mass is 9.95. The van der Waals surface area contributed by atoms with Gasteiger partial charge in [0.05, 0.1) is 16.8 Å². The van der Waals surface area contributed by atoms with Crippen molar-refractivity contribution >= 4 is 33.4 Å². The van der Waals surface area contributed by atoms with Gasteiger partial charge in [0.25, 0.3) is 5.91 Å². The van der Waals surface area contributed by atoms with Gasteiger partial charge in [-0.2, -0.15) is 0 Å². The highest BCUT2D eigenvalue weighted by Gasteiger charge is 2.42. The van der Waals surface area contributed by atoms with Gasteiger partial charge in [-0.15, -0.1) is 11.3 Å². The van der Waals surface area contributed by atoms with Gasteiger partial charge in [0.1, 0.15) is 11.7 Å². The Hall–Kier alpha value is -1.82. The summed E-state index contributed by atoms with van der Waals surface area (Å²) in [6.07, 6.45) is 10.1. The molecular formula is C21H27N3O2S. The van der Waals surface area contributed by atoms with E-state index in [9.17, 15) is 9.59 Å². The smallest absolute Gasteiger partial charge is 0.271 e. The summed E-state index contributed by atoms with van der Waals surface area (Å²) >= 11 is 1.66. The van der Waals surface area contributed by atoms with E-state index >= 15 is 0 Å². The number of aromatic nitrogens is 1. The number of carbonyl (C=O) groups excluding carboxylic acids is 2. The highest BCUT2D eigenvalue weighted by molar-refractivity contribution is 7.17. The molecule has 6 heteroatoms. The normalized spacial score (nSPS) is 24.5. The van der Waals surface area contributed by atoms with Crippen LogP contribution in [-0.4, -0.2) is 39.4 Å². The third-order valence-corrected chi connectivity index (χ3v) is 7.49. The van der Waals surface area contributed by atoms with Crippen LogP contribution in [0.2, 0.25) is 0 Å². The molecule has 144 valence electrons. The largest absolute Gasteiger partial charge is 0.352 e. The molecule has 1 unspecified atom stereocenters. The molecule has 2 aromatic heterocycles. The van der Waals surface area contributed by atoms with E-state index in [-0.39, 0.29) is 29.9 Å². The number of hydrogen-bond acceptors (Lipinski definition) is 3. The van der Waals surface area contributed by atoms with Crippen LogP contribution in [0, 0.1) is 0 Å². The van der Waals surface area contributed by atoms with E-state index in [1.807, 2.05) is 11.0 Å². The van der Waals surface area contributed by atoms with Gasteiger partial charge in [-0.3, -0.25) is 9.59 Å². The van der Waals surface area contributed by atoms with Crippen LogP contribution in [0.25, 0.3) is 10.2 Å². The second-order valence-corrected chi connectivity index (χ2v) is 9.27. The van der Waals surface area contributed by atoms with Gasteiger partial charge in [-0.25, -0.2) is 0 Å². The molecule has 2 amide bonds. The Morgan fingerprint density at radius 3 is 2.59 bits per heavy atom. The first-order chi connectivity index (χ1) is 13.2. The molecule has 0 bridgehead atoms. The summed E-state index contributed by atoms with van der Waals surface area (Å²) in [5, 5.41) is 5.34. The average Bonchev–Trinajstić information content (AvgIpc) is 3.40. The summed E-state index contributed by atoms with van der Waals surface area (Å²) in [6.45, 7) is 0.580. The lowest BCUT2D eigenvalue weighted by Gasteiger charge is -2.40. The van der Waals surface area contributed by atoms with E-state index < -0.39 is 0 Å². The molecular weight excluding hydrogens is 358 g/mol. The van der Waals surface area contributed by atoms with Crippen LogP contribution < -0.4 is 5.32 Å². The van der Waals surface area contributed by atoms with Crippen molar-refractivity contribution in [1.29, 1.82) is 0 Å². The molecule has 5 nitrogen and oxygen atoms in total. The van der Waals surface area contributed by atoms with Crippen molar-refractivity contribution in [1.82, 2.24) is 14.8 Å². The van der Waals surface area contributed by atoms with Crippen LogP contribution in [0.3, 0.4) is 0 Å². The Morgan fingerprint density at radius 2 is 1.81 bits per heavy atom. The Kier molecular flexibility index (Phi) is 4.46. The summed E-state index contributed by atoms with van der Waals surface area (Å²) in [6, 6.07) is 4.18. The number of thiophene rings is 1. The molecule has 2 aromatic rings. The zero-order valence-corrected chi connectivity index (χ0v) is 16.5. The minimum Gasteiger partial charge on any atom is -0.352 e. The molecule has 0 aromatic carbocycles. The van der Waals surface area contributed by atoms with Crippen molar-refractivity contribution < 1.29 is 9.59 Å². The number of fused-ring (bicyclic) bond motifs is 3. The molecule has 2 saturated carbocycles. The quantitative estimate of drug-likeness (QED) is 0.871. The molecule has 3 heterocycles. The number of nitrogens with zero attached hydrogens (tertiary/aromatic N) is 2. The van der Waals surface area contributed by atoms with E-state index in [4.69, 9.17) is 0 Å². The summed E-state index contributed by atoms with van der Waals surface area (Å²) < 4.78 is 3.21. The van der Waals surface area contributed by atoms with Gasteiger partial charge >= 0.3 is 0 Å². The van der Waals surface area contributed by atoms with E-state index in [0.29, 0.717) is 6.54 Å².